The highest BCUT2D eigenvalue weighted by atomic mass is 32.2. The predicted molar refractivity (Wildman–Crippen MR) is 408 cm³/mol. The van der Waals surface area contributed by atoms with Crippen molar-refractivity contribution in [2.75, 3.05) is 4.90 Å². The fourth-order valence-corrected chi connectivity index (χ4v) is 19.7. The molecule has 0 N–H and O–H groups in total. The van der Waals surface area contributed by atoms with E-state index in [2.05, 4.69) is 247 Å². The van der Waals surface area contributed by atoms with Gasteiger partial charge in [0.15, 0.2) is 0 Å². The Morgan fingerprint density at radius 2 is 1.02 bits per heavy atom. The molecule has 0 saturated carbocycles. The third-order valence-electron chi connectivity index (χ3n) is 19.4. The Morgan fingerprint density at radius 1 is 0.394 bits per heavy atom. The first-order valence-electron chi connectivity index (χ1n) is 34.5. The number of benzene rings is 13. The molecule has 0 spiro atoms. The molecule has 3 nitrogen and oxygen atoms in total. The van der Waals surface area contributed by atoms with Gasteiger partial charge < -0.3 is 14.1 Å². The van der Waals surface area contributed by atoms with Crippen molar-refractivity contribution in [2.24, 2.45) is 0 Å². The molecule has 0 aliphatic carbocycles. The van der Waals surface area contributed by atoms with Crippen LogP contribution in [0.2, 0.25) is 0 Å². The second kappa shape index (κ2) is 20.9. The minimum Gasteiger partial charge on any atom is -0.458 e. The molecule has 0 amide bonds. The van der Waals surface area contributed by atoms with Crippen molar-refractivity contribution >= 4 is 168 Å². The Labute approximate surface area is 569 Å². The number of hydrogen-bond donors (Lipinski definition) is 0. The van der Waals surface area contributed by atoms with Crippen LogP contribution in [-0.4, -0.2) is 6.71 Å². The molecular formula is C86H60BNO2S4. The number of furan rings is 1. The van der Waals surface area contributed by atoms with Gasteiger partial charge in [-0.05, 0) is 157 Å². The summed E-state index contributed by atoms with van der Waals surface area (Å²) in [6.45, 7) is 13.5. The molecule has 2 aliphatic heterocycles. The lowest BCUT2D eigenvalue weighted by molar-refractivity contribution is 0.486. The Bertz CT molecular complexity index is 6250. The average molecular weight is 1280 g/mol. The summed E-state index contributed by atoms with van der Waals surface area (Å²) < 4.78 is 65.2. The summed E-state index contributed by atoms with van der Waals surface area (Å²) in [5, 5.41) is 8.99. The number of nitrogens with zero attached hydrogens (tertiary/aromatic N) is 1. The van der Waals surface area contributed by atoms with E-state index in [0.717, 1.165) is 103 Å². The van der Waals surface area contributed by atoms with E-state index >= 15 is 0 Å². The van der Waals surface area contributed by atoms with E-state index < -0.39 is 6.04 Å². The molecule has 17 aromatic rings. The number of rotatable bonds is 7. The van der Waals surface area contributed by atoms with Crippen LogP contribution in [0.5, 0.6) is 11.5 Å². The Kier molecular flexibility index (Phi) is 11.3. The molecule has 94 heavy (non-hydrogen) atoms. The summed E-state index contributed by atoms with van der Waals surface area (Å²) in [7, 11) is 0. The van der Waals surface area contributed by atoms with Crippen LogP contribution >= 0.6 is 45.8 Å². The second-order valence-electron chi connectivity index (χ2n) is 27.1. The summed E-state index contributed by atoms with van der Waals surface area (Å²) in [6, 6.07) is 80.5. The van der Waals surface area contributed by atoms with Crippen molar-refractivity contribution in [2.45, 2.75) is 62.2 Å². The third-order valence-corrected chi connectivity index (χ3v) is 24.1. The molecule has 13 aromatic carbocycles. The first-order chi connectivity index (χ1) is 47.9. The highest BCUT2D eigenvalue weighted by molar-refractivity contribution is 8.00. The number of anilines is 3. The zero-order valence-corrected chi connectivity index (χ0v) is 55.6. The Hall–Kier alpha value is -9.67. The van der Waals surface area contributed by atoms with Gasteiger partial charge in [0.1, 0.15) is 22.7 Å². The molecule has 0 saturated heterocycles. The van der Waals surface area contributed by atoms with E-state index in [-0.39, 0.29) is 47.3 Å². The van der Waals surface area contributed by atoms with Crippen molar-refractivity contribution in [3.63, 3.8) is 0 Å². The van der Waals surface area contributed by atoms with Crippen LogP contribution in [0.25, 0.3) is 127 Å². The van der Waals surface area contributed by atoms with Crippen molar-refractivity contribution in [3.8, 4) is 56.0 Å². The van der Waals surface area contributed by atoms with Crippen LogP contribution in [0.1, 0.15) is 59.5 Å². The monoisotopic (exact) mass is 1280 g/mol. The average Bonchev–Trinajstić information content (AvgIpc) is 1.71. The van der Waals surface area contributed by atoms with E-state index in [1.54, 1.807) is 11.3 Å². The number of fused-ring (bicyclic) bond motifs is 18. The fraction of sp³-hybridized carbons (Fsp3) is 0.0930. The van der Waals surface area contributed by atoms with E-state index in [0.29, 0.717) is 16.7 Å². The summed E-state index contributed by atoms with van der Waals surface area (Å²) in [5.41, 5.74) is 17.8. The molecule has 0 atom stereocenters. The van der Waals surface area contributed by atoms with Crippen LogP contribution in [0.3, 0.4) is 0 Å². The van der Waals surface area contributed by atoms with Gasteiger partial charge in [-0.25, -0.2) is 0 Å². The maximum Gasteiger partial charge on any atom is 0.253 e. The predicted octanol–water partition coefficient (Wildman–Crippen LogP) is 24.5. The molecule has 0 bridgehead atoms. The van der Waals surface area contributed by atoms with Gasteiger partial charge in [-0.2, -0.15) is 0 Å². The molecule has 0 unspecified atom stereocenters. The van der Waals surface area contributed by atoms with Crippen LogP contribution in [0.4, 0.5) is 17.1 Å². The molecule has 4 aromatic heterocycles. The lowest BCUT2D eigenvalue weighted by Crippen LogP contribution is -2.57. The Morgan fingerprint density at radius 3 is 1.79 bits per heavy atom. The number of hydrogen-bond acceptors (Lipinski definition) is 7. The van der Waals surface area contributed by atoms with E-state index in [1.165, 1.54) is 67.4 Å². The highest BCUT2D eigenvalue weighted by Gasteiger charge is 2.40. The Balaban J connectivity index is 0.804. The van der Waals surface area contributed by atoms with Crippen LogP contribution in [-0.2, 0) is 10.8 Å². The van der Waals surface area contributed by atoms with Gasteiger partial charge in [0, 0.05) is 109 Å². The third kappa shape index (κ3) is 8.76. The maximum atomic E-state index is 9.16. The number of ether oxygens (including phenoxy) is 1. The summed E-state index contributed by atoms with van der Waals surface area (Å²) >= 11 is 7.15. The van der Waals surface area contributed by atoms with Gasteiger partial charge in [0.05, 0.1) is 6.85 Å². The summed E-state index contributed by atoms with van der Waals surface area (Å²) in [4.78, 5) is 4.74. The molecule has 8 heteroatoms. The lowest BCUT2D eigenvalue weighted by Gasteiger charge is -2.35. The van der Waals surface area contributed by atoms with Crippen molar-refractivity contribution in [1.29, 1.82) is 0 Å². The minimum atomic E-state index is -0.426. The van der Waals surface area contributed by atoms with Crippen molar-refractivity contribution < 1.29 is 16.0 Å². The lowest BCUT2D eigenvalue weighted by atomic mass is 9.35. The van der Waals surface area contributed by atoms with Gasteiger partial charge in [-0.3, -0.25) is 0 Å². The van der Waals surface area contributed by atoms with Crippen LogP contribution in [0.15, 0.2) is 269 Å². The summed E-state index contributed by atoms with van der Waals surface area (Å²) in [6.07, 6.45) is 0. The van der Waals surface area contributed by atoms with Gasteiger partial charge in [-0.15, -0.1) is 34.0 Å². The van der Waals surface area contributed by atoms with E-state index in [9.17, 15) is 0 Å². The first-order valence-corrected chi connectivity index (χ1v) is 35.2. The van der Waals surface area contributed by atoms with Crippen molar-refractivity contribution in [3.05, 3.63) is 266 Å². The van der Waals surface area contributed by atoms with E-state index in [1.807, 2.05) is 58.7 Å². The number of thiophene rings is 3. The summed E-state index contributed by atoms with van der Waals surface area (Å²) in [5.74, 6) is 1.62. The zero-order valence-electron chi connectivity index (χ0n) is 57.3. The number of para-hydroxylation sites is 1. The second-order valence-corrected chi connectivity index (χ2v) is 31.4. The first kappa shape index (κ1) is 50.8. The highest BCUT2D eigenvalue weighted by Crippen LogP contribution is 2.53. The topological polar surface area (TPSA) is 25.6 Å². The van der Waals surface area contributed by atoms with Gasteiger partial charge in [0.2, 0.25) is 0 Å². The normalized spacial score (nSPS) is 13.8. The largest absolute Gasteiger partial charge is 0.458 e. The SMILES string of the molecule is [2H]c1c([2H])c([2H])c(-c2cc3oc4ccccc4c3c3c2sc2cc(-c4ccc5c(c4)Oc4cc(-c6ccc7c(sc8ccc9sc%10ccccc%10c9c87)c6-c6ccccc6)cc6c4B5c4ccc(N(c5ccc(C(C)(C)C)cc5)c5ccc(C(C)(C)C)cc5)cc4S6)ccc23)c([2H])c1[2H]. The van der Waals surface area contributed by atoms with Crippen LogP contribution in [0, 0.1) is 0 Å². The van der Waals surface area contributed by atoms with Gasteiger partial charge in [-0.1, -0.05) is 222 Å². The maximum absolute atomic E-state index is 9.16. The molecule has 6 heterocycles. The van der Waals surface area contributed by atoms with Gasteiger partial charge in [0.25, 0.3) is 6.71 Å². The molecule has 2 aliphatic rings. The molecule has 0 radical (unpaired) electrons. The van der Waals surface area contributed by atoms with E-state index in [4.69, 9.17) is 16.0 Å². The smallest absolute Gasteiger partial charge is 0.253 e. The standard InChI is InChI=1S/C86H60BNO2S4/c1-85(2,3)54-27-31-56(32-28-54)88(57-33-29-55(30-34-57)86(4,5)6)58-35-40-66-75(47-58)92-76-46-53(59-37-38-63-80-73(93-83(63)77(59)50-19-11-8-12-20-50)42-41-72-79(80)61-22-14-16-24-71(61)91-72)44-70-82(76)87(66)65-39-26-51(43-68(65)90-70)52-25-36-62-74(45-52)94-84-64(49-17-9-7-10-18-49)48-69-78(81(62)84)60-21-13-15-23-67(60)89-69/h7-48H,1-6H3/i7D,9D,10D,17D,18D. The molecule has 19 rings (SSSR count). The fourth-order valence-electron chi connectivity index (χ4n) is 14.8. The molecule has 448 valence electrons. The van der Waals surface area contributed by atoms with Crippen LogP contribution < -0.4 is 26.0 Å². The minimum absolute atomic E-state index is 0.00587. The molecular weight excluding hydrogens is 1220 g/mol. The quantitative estimate of drug-likeness (QED) is 0.149. The van der Waals surface area contributed by atoms with Crippen molar-refractivity contribution in [1.82, 2.24) is 0 Å². The van der Waals surface area contributed by atoms with Gasteiger partial charge >= 0.3 is 0 Å². The molecule has 0 fully saturated rings. The zero-order chi connectivity index (χ0) is 67.2.